The summed E-state index contributed by atoms with van der Waals surface area (Å²) in [6.07, 6.45) is 8.05. The highest BCUT2D eigenvalue weighted by atomic mass is 32.1. The second-order valence-corrected chi connectivity index (χ2v) is 18.2. The van der Waals surface area contributed by atoms with E-state index in [2.05, 4.69) is 20.1 Å². The number of carbonyl (C=O) groups excluding carboxylic acids is 4. The Labute approximate surface area is 429 Å². The van der Waals surface area contributed by atoms with Crippen LogP contribution in [0.5, 0.6) is 34.5 Å². The van der Waals surface area contributed by atoms with Crippen molar-refractivity contribution in [2.75, 3.05) is 65.3 Å². The molecule has 0 aliphatic heterocycles. The summed E-state index contributed by atoms with van der Waals surface area (Å²) in [7, 11) is 1.63. The van der Waals surface area contributed by atoms with Crippen molar-refractivity contribution in [2.45, 2.75) is 52.4 Å². The predicted octanol–water partition coefficient (Wildman–Crippen LogP) is 9.76. The predicted molar refractivity (Wildman–Crippen MR) is 275 cm³/mol. The zero-order valence-corrected chi connectivity index (χ0v) is 42.3. The van der Waals surface area contributed by atoms with E-state index in [9.17, 15) is 19.2 Å². The molecule has 1 aromatic heterocycles. The van der Waals surface area contributed by atoms with Gasteiger partial charge in [-0.1, -0.05) is 50.5 Å². The molecule has 1 aliphatic rings. The second kappa shape index (κ2) is 29.3. The van der Waals surface area contributed by atoms with Crippen molar-refractivity contribution in [2.24, 2.45) is 28.8 Å². The number of aromatic nitrogens is 1. The van der Waals surface area contributed by atoms with Gasteiger partial charge in [-0.25, -0.2) is 19.6 Å². The molecule has 1 fully saturated rings. The molecule has 0 spiro atoms. The molecule has 1 heterocycles. The molecule has 0 bridgehead atoms. The van der Waals surface area contributed by atoms with Gasteiger partial charge in [-0.3, -0.25) is 9.59 Å². The van der Waals surface area contributed by atoms with E-state index in [0.29, 0.717) is 110 Å². The van der Waals surface area contributed by atoms with E-state index in [-0.39, 0.29) is 49.2 Å². The summed E-state index contributed by atoms with van der Waals surface area (Å²) in [4.78, 5) is 53.5. The first-order chi connectivity index (χ1) is 35.5. The molecular weight excluding hydrogens is 959 g/mol. The van der Waals surface area contributed by atoms with Crippen molar-refractivity contribution in [3.63, 3.8) is 0 Å². The molecule has 1 aliphatic carbocycles. The number of rotatable bonds is 30. The van der Waals surface area contributed by atoms with Gasteiger partial charge in [-0.15, -0.1) is 0 Å². The summed E-state index contributed by atoms with van der Waals surface area (Å²) in [6.45, 7) is 12.7. The zero-order valence-electron chi connectivity index (χ0n) is 41.5. The molecule has 0 saturated heterocycles. The summed E-state index contributed by atoms with van der Waals surface area (Å²) < 4.78 is 56.6. The van der Waals surface area contributed by atoms with Gasteiger partial charge >= 0.3 is 23.9 Å². The summed E-state index contributed by atoms with van der Waals surface area (Å²) in [5.74, 6) is 0.829. The van der Waals surface area contributed by atoms with Crippen molar-refractivity contribution >= 4 is 56.8 Å². The van der Waals surface area contributed by atoms with Gasteiger partial charge in [-0.05, 0) is 129 Å². The molecular formula is C55H63N3O14S. The summed E-state index contributed by atoms with van der Waals surface area (Å²) in [5.41, 5.74) is 1.58. The Morgan fingerprint density at radius 1 is 0.740 bits per heavy atom. The number of nitrogens with zero attached hydrogens (tertiary/aromatic N) is 3. The molecule has 0 N–H and O–H groups in total. The highest BCUT2D eigenvalue weighted by Gasteiger charge is 2.28. The lowest BCUT2D eigenvalue weighted by Gasteiger charge is -2.27. The minimum Gasteiger partial charge on any atom is -0.493 e. The van der Waals surface area contributed by atoms with Crippen molar-refractivity contribution < 1.29 is 66.5 Å². The highest BCUT2D eigenvalue weighted by molar-refractivity contribution is 7.22. The number of anilines is 1. The molecule has 2 unspecified atom stereocenters. The summed E-state index contributed by atoms with van der Waals surface area (Å²) in [5, 5.41) is 7.48. The lowest BCUT2D eigenvalue weighted by molar-refractivity contribution is -0.145. The van der Waals surface area contributed by atoms with E-state index >= 15 is 0 Å². The van der Waals surface area contributed by atoms with Crippen LogP contribution in [0.3, 0.4) is 0 Å². The van der Waals surface area contributed by atoms with Gasteiger partial charge in [-0.2, -0.15) is 5.10 Å². The molecule has 1 saturated carbocycles. The molecule has 6 rings (SSSR count). The Balaban J connectivity index is 1.05. The lowest BCUT2D eigenvalue weighted by Crippen LogP contribution is -2.27. The van der Waals surface area contributed by atoms with Crippen LogP contribution in [0.1, 0.15) is 57.9 Å². The first-order valence-electron chi connectivity index (χ1n) is 24.1. The van der Waals surface area contributed by atoms with Crippen LogP contribution in [0.4, 0.5) is 5.13 Å². The minimum atomic E-state index is -0.592. The highest BCUT2D eigenvalue weighted by Crippen LogP contribution is 2.33. The molecule has 0 amide bonds. The molecule has 4 aromatic carbocycles. The van der Waals surface area contributed by atoms with Crippen LogP contribution in [0.2, 0.25) is 0 Å². The number of hydrogen-bond donors (Lipinski definition) is 0. The topological polar surface area (TPSA) is 189 Å². The Morgan fingerprint density at radius 3 is 2.01 bits per heavy atom. The summed E-state index contributed by atoms with van der Waals surface area (Å²) >= 11 is 1.54. The van der Waals surface area contributed by atoms with Gasteiger partial charge in [0.25, 0.3) is 0 Å². The van der Waals surface area contributed by atoms with E-state index in [1.54, 1.807) is 61.9 Å². The molecule has 2 atom stereocenters. The first kappa shape index (κ1) is 55.0. The third-order valence-corrected chi connectivity index (χ3v) is 12.7. The average molecular weight is 1020 g/mol. The van der Waals surface area contributed by atoms with Crippen LogP contribution < -0.4 is 33.4 Å². The number of ether oxygens (including phenoxy) is 10. The fraction of sp³-hybridized carbons (Fsp3) is 0.382. The molecule has 5 aromatic rings. The van der Waals surface area contributed by atoms with Gasteiger partial charge in [0.2, 0.25) is 18.7 Å². The molecule has 18 heteroatoms. The SMILES string of the molecule is C=CC(=O)OCOc1ccc(OC(=O)C(C)CCC(C)COc2ccc(OCC3CCC(C(=O)Oc4ccc(OCOC(=O)C=C)cc4)CC3)c(/C=N/N(CCOCCOC)c3nc4ccccc4s3)c2)cc1. The number of esters is 4. The first-order valence-corrected chi connectivity index (χ1v) is 24.9. The Morgan fingerprint density at radius 2 is 1.37 bits per heavy atom. The molecule has 73 heavy (non-hydrogen) atoms. The van der Waals surface area contributed by atoms with Crippen LogP contribution in [-0.2, 0) is 38.1 Å². The molecule has 388 valence electrons. The minimum absolute atomic E-state index is 0.108. The van der Waals surface area contributed by atoms with Crippen molar-refractivity contribution in [3.05, 3.63) is 122 Å². The lowest BCUT2D eigenvalue weighted by atomic mass is 9.82. The fourth-order valence-electron chi connectivity index (χ4n) is 7.35. The number of benzene rings is 4. The van der Waals surface area contributed by atoms with E-state index in [1.807, 2.05) is 54.4 Å². The largest absolute Gasteiger partial charge is 0.493 e. The van der Waals surface area contributed by atoms with E-state index < -0.39 is 11.9 Å². The normalized spacial score (nSPS) is 15.1. The Hall–Kier alpha value is -7.28. The molecule has 17 nitrogen and oxygen atoms in total. The number of hydrogen-bond acceptors (Lipinski definition) is 18. The smallest absolute Gasteiger partial charge is 0.333 e. The van der Waals surface area contributed by atoms with E-state index in [0.717, 1.165) is 35.2 Å². The number of thiazole rings is 1. The third-order valence-electron chi connectivity index (χ3n) is 11.7. The van der Waals surface area contributed by atoms with Crippen LogP contribution in [-0.4, -0.2) is 95.4 Å². The van der Waals surface area contributed by atoms with Gasteiger partial charge in [0.05, 0.1) is 67.8 Å². The monoisotopic (exact) mass is 1020 g/mol. The standard InChI is InChI=1S/C55H63N3O14S/c1-6-51(59)69-36-67-43-18-22-45(23-19-43)71-53(61)39(4)13-12-38(3)34-65-47-26-27-49(42(32-47)33-56-58(28-29-64-31-30-63-5)55-57-48-10-8-9-11-50(48)73-55)66-35-40-14-16-41(17-15-40)54(62)72-46-24-20-44(21-25-46)68-37-70-52(60)7-2/h6-11,18-27,32-33,38-41H,1-2,12-17,28-31,34-37H2,3-5H3/b56-33+. The van der Waals surface area contributed by atoms with Gasteiger partial charge < -0.3 is 47.4 Å². The number of carbonyl (C=O) groups is 4. The Bertz CT molecular complexity index is 2560. The zero-order chi connectivity index (χ0) is 51.8. The maximum atomic E-state index is 13.2. The quantitative estimate of drug-likeness (QED) is 0.00803. The van der Waals surface area contributed by atoms with Crippen LogP contribution in [0.25, 0.3) is 10.2 Å². The third kappa shape index (κ3) is 18.4. The van der Waals surface area contributed by atoms with Gasteiger partial charge in [0, 0.05) is 24.8 Å². The number of methoxy groups -OCH3 is 1. The van der Waals surface area contributed by atoms with E-state index in [1.165, 1.54) is 11.3 Å². The van der Waals surface area contributed by atoms with Crippen LogP contribution in [0, 0.1) is 23.7 Å². The fourth-order valence-corrected chi connectivity index (χ4v) is 8.30. The van der Waals surface area contributed by atoms with Gasteiger partial charge in [0.15, 0.2) is 0 Å². The summed E-state index contributed by atoms with van der Waals surface area (Å²) in [6, 6.07) is 26.6. The number of hydrazone groups is 1. The van der Waals surface area contributed by atoms with E-state index in [4.69, 9.17) is 57.5 Å². The van der Waals surface area contributed by atoms with Crippen LogP contribution in [0.15, 0.2) is 121 Å². The second-order valence-electron chi connectivity index (χ2n) is 17.2. The van der Waals surface area contributed by atoms with Crippen LogP contribution >= 0.6 is 11.3 Å². The Kier molecular flexibility index (Phi) is 22.1. The van der Waals surface area contributed by atoms with Crippen molar-refractivity contribution in [3.8, 4) is 34.5 Å². The van der Waals surface area contributed by atoms with Crippen molar-refractivity contribution in [1.82, 2.24) is 4.98 Å². The van der Waals surface area contributed by atoms with Gasteiger partial charge in [0.1, 0.15) is 34.5 Å². The average Bonchev–Trinajstić information content (AvgIpc) is 3.85. The molecule has 0 radical (unpaired) electrons. The van der Waals surface area contributed by atoms with Crippen molar-refractivity contribution in [1.29, 1.82) is 0 Å². The number of fused-ring (bicyclic) bond motifs is 1. The maximum Gasteiger partial charge on any atom is 0.333 e. The number of para-hydroxylation sites is 1. The maximum absolute atomic E-state index is 13.2.